The highest BCUT2D eigenvalue weighted by Gasteiger charge is 2.59. The number of fused-ring (bicyclic) bond motifs is 2. The van der Waals surface area contributed by atoms with E-state index in [9.17, 15) is 24.0 Å². The van der Waals surface area contributed by atoms with Crippen molar-refractivity contribution in [2.24, 2.45) is 11.3 Å². The summed E-state index contributed by atoms with van der Waals surface area (Å²) in [6.07, 6.45) is 1.35. The minimum Gasteiger partial charge on any atom is -0.461 e. The summed E-state index contributed by atoms with van der Waals surface area (Å²) in [5.74, 6) is -2.65. The molecule has 1 aromatic rings. The highest BCUT2D eigenvalue weighted by Crippen LogP contribution is 2.54. The van der Waals surface area contributed by atoms with Gasteiger partial charge in [0, 0.05) is 38.2 Å². The molecule has 5 atom stereocenters. The maximum absolute atomic E-state index is 13.2. The van der Waals surface area contributed by atoms with E-state index in [1.807, 2.05) is 0 Å². The lowest BCUT2D eigenvalue weighted by Gasteiger charge is -2.49. The molecule has 0 bridgehead atoms. The molecule has 0 N–H and O–H groups in total. The number of hydrogen-bond donors (Lipinski definition) is 0. The zero-order chi connectivity index (χ0) is 26.2. The van der Waals surface area contributed by atoms with Gasteiger partial charge < -0.3 is 14.2 Å². The third kappa shape index (κ3) is 4.32. The fourth-order valence-corrected chi connectivity index (χ4v) is 5.58. The van der Waals surface area contributed by atoms with Crippen molar-refractivity contribution in [1.29, 1.82) is 0 Å². The molecule has 3 aliphatic carbocycles. The number of rotatable bonds is 5. The topological polar surface area (TPSA) is 113 Å². The molecule has 0 unspecified atom stereocenters. The molecule has 4 rings (SSSR count). The number of allylic oxidation sites excluding steroid dienone is 3. The highest BCUT2D eigenvalue weighted by molar-refractivity contribution is 6.03. The van der Waals surface area contributed by atoms with E-state index in [1.54, 1.807) is 56.3 Å². The van der Waals surface area contributed by atoms with Gasteiger partial charge in [0.15, 0.2) is 18.0 Å². The molecule has 0 fully saturated rings. The van der Waals surface area contributed by atoms with E-state index in [4.69, 9.17) is 14.2 Å². The second kappa shape index (κ2) is 9.68. The first kappa shape index (κ1) is 25.3. The van der Waals surface area contributed by atoms with Gasteiger partial charge in [0.25, 0.3) is 0 Å². The molecule has 0 saturated heterocycles. The minimum atomic E-state index is -1.18. The maximum Gasteiger partial charge on any atom is 0.338 e. The summed E-state index contributed by atoms with van der Waals surface area (Å²) >= 11 is 0. The van der Waals surface area contributed by atoms with Crippen LogP contribution in [-0.4, -0.2) is 48.3 Å². The van der Waals surface area contributed by atoms with E-state index < -0.39 is 47.6 Å². The third-order valence-corrected chi connectivity index (χ3v) is 7.33. The van der Waals surface area contributed by atoms with Crippen molar-refractivity contribution in [3.05, 3.63) is 70.3 Å². The van der Waals surface area contributed by atoms with Crippen molar-refractivity contribution in [1.82, 2.24) is 0 Å². The molecule has 3 aliphatic rings. The lowest BCUT2D eigenvalue weighted by molar-refractivity contribution is -0.185. The molecule has 8 heteroatoms. The Morgan fingerprint density at radius 1 is 1.03 bits per heavy atom. The predicted molar refractivity (Wildman–Crippen MR) is 128 cm³/mol. The molecule has 0 heterocycles. The van der Waals surface area contributed by atoms with Crippen LogP contribution in [0.2, 0.25) is 0 Å². The maximum atomic E-state index is 13.2. The van der Waals surface area contributed by atoms with Crippen LogP contribution in [0.1, 0.15) is 50.9 Å². The average Bonchev–Trinajstić information content (AvgIpc) is 3.06. The summed E-state index contributed by atoms with van der Waals surface area (Å²) in [6.45, 7) is 5.91. The number of esters is 3. The lowest BCUT2D eigenvalue weighted by Crippen LogP contribution is -2.57. The Kier molecular flexibility index (Phi) is 6.80. The van der Waals surface area contributed by atoms with E-state index in [0.29, 0.717) is 22.3 Å². The van der Waals surface area contributed by atoms with E-state index in [0.717, 1.165) is 6.29 Å². The van der Waals surface area contributed by atoms with Gasteiger partial charge in [-0.05, 0) is 35.8 Å². The van der Waals surface area contributed by atoms with Gasteiger partial charge in [-0.25, -0.2) is 4.79 Å². The Morgan fingerprint density at radius 2 is 1.69 bits per heavy atom. The summed E-state index contributed by atoms with van der Waals surface area (Å²) in [5, 5.41) is 0. The monoisotopic (exact) mass is 492 g/mol. The van der Waals surface area contributed by atoms with Gasteiger partial charge >= 0.3 is 17.9 Å². The normalized spacial score (nSPS) is 29.2. The Bertz CT molecular complexity index is 1220. The predicted octanol–water partition coefficient (Wildman–Crippen LogP) is 3.46. The standard InChI is InChI=1S/C28H28O8/c1-15-22(32)13-20-12-21-19(14-29)10-11-23(34-16(2)30)28(21,4)26(35-17(3)31)25(24(15)20)36-27(33)18-8-6-5-7-9-18/h5-10,12,14,21,23,25-26H,11,13H2,1-4H3/t21-,23+,25-,26+,28+/m1/s1. The number of benzene rings is 1. The SMILES string of the molecule is CC(=O)O[C@H]1CC=C(C=O)[C@H]2C=C3CC(=O)C(C)=C3[C@@H](OC(=O)c3ccccc3)[C@H](OC(C)=O)[C@]12C. The fourth-order valence-electron chi connectivity index (χ4n) is 5.58. The van der Waals surface area contributed by atoms with Gasteiger partial charge in [0.05, 0.1) is 11.0 Å². The van der Waals surface area contributed by atoms with Gasteiger partial charge in [-0.1, -0.05) is 37.3 Å². The zero-order valence-corrected chi connectivity index (χ0v) is 20.6. The number of aldehydes is 1. The Morgan fingerprint density at radius 3 is 2.31 bits per heavy atom. The van der Waals surface area contributed by atoms with Crippen LogP contribution in [-0.2, 0) is 33.4 Å². The van der Waals surface area contributed by atoms with E-state index in [2.05, 4.69) is 0 Å². The van der Waals surface area contributed by atoms with Crippen molar-refractivity contribution in [3.8, 4) is 0 Å². The number of ketones is 1. The van der Waals surface area contributed by atoms with Gasteiger partial charge in [0.1, 0.15) is 12.4 Å². The van der Waals surface area contributed by atoms with Crippen LogP contribution in [0.15, 0.2) is 64.8 Å². The van der Waals surface area contributed by atoms with Crippen LogP contribution in [0, 0.1) is 11.3 Å². The van der Waals surface area contributed by atoms with Crippen LogP contribution < -0.4 is 0 Å². The number of carbonyl (C=O) groups excluding carboxylic acids is 5. The first-order valence-electron chi connectivity index (χ1n) is 11.8. The summed E-state index contributed by atoms with van der Waals surface area (Å²) in [4.78, 5) is 62.6. The number of hydrogen-bond acceptors (Lipinski definition) is 8. The van der Waals surface area contributed by atoms with E-state index in [1.165, 1.54) is 13.8 Å². The van der Waals surface area contributed by atoms with Crippen LogP contribution in [0.25, 0.3) is 0 Å². The highest BCUT2D eigenvalue weighted by atomic mass is 16.6. The van der Waals surface area contributed by atoms with Crippen molar-refractivity contribution in [2.75, 3.05) is 0 Å². The molecule has 188 valence electrons. The van der Waals surface area contributed by atoms with Gasteiger partial charge in [-0.2, -0.15) is 0 Å². The molecule has 36 heavy (non-hydrogen) atoms. The summed E-state index contributed by atoms with van der Waals surface area (Å²) < 4.78 is 17.6. The van der Waals surface area contributed by atoms with Crippen molar-refractivity contribution >= 4 is 30.0 Å². The second-order valence-electron chi connectivity index (χ2n) is 9.55. The molecule has 0 amide bonds. The smallest absolute Gasteiger partial charge is 0.338 e. The molecule has 0 radical (unpaired) electrons. The van der Waals surface area contributed by atoms with E-state index in [-0.39, 0.29) is 24.2 Å². The minimum absolute atomic E-state index is 0.0598. The molecular weight excluding hydrogens is 464 g/mol. The average molecular weight is 493 g/mol. The molecule has 1 aromatic carbocycles. The summed E-state index contributed by atoms with van der Waals surface area (Å²) in [6, 6.07) is 8.34. The largest absolute Gasteiger partial charge is 0.461 e. The first-order chi connectivity index (χ1) is 17.1. The van der Waals surface area contributed by atoms with Crippen LogP contribution in [0.3, 0.4) is 0 Å². The Hall–Kier alpha value is -3.81. The van der Waals surface area contributed by atoms with Crippen LogP contribution in [0.5, 0.6) is 0 Å². The Labute approximate surface area is 209 Å². The third-order valence-electron chi connectivity index (χ3n) is 7.33. The molecule has 0 aliphatic heterocycles. The number of Topliss-reactive ketones (excluding diaryl/α,β-unsaturated/α-hetero) is 1. The molecular formula is C28H28O8. The van der Waals surface area contributed by atoms with Gasteiger partial charge in [-0.3, -0.25) is 19.2 Å². The van der Waals surface area contributed by atoms with Crippen LogP contribution in [0.4, 0.5) is 0 Å². The second-order valence-corrected chi connectivity index (χ2v) is 9.55. The van der Waals surface area contributed by atoms with Gasteiger partial charge in [0.2, 0.25) is 0 Å². The molecule has 0 saturated carbocycles. The molecule has 0 aromatic heterocycles. The zero-order valence-electron chi connectivity index (χ0n) is 20.6. The molecule has 0 spiro atoms. The quantitative estimate of drug-likeness (QED) is 0.349. The van der Waals surface area contributed by atoms with Crippen molar-refractivity contribution in [2.45, 2.75) is 58.8 Å². The van der Waals surface area contributed by atoms with Crippen molar-refractivity contribution < 1.29 is 38.2 Å². The number of carbonyl (C=O) groups is 5. The Balaban J connectivity index is 1.95. The first-order valence-corrected chi connectivity index (χ1v) is 11.8. The lowest BCUT2D eigenvalue weighted by atomic mass is 9.61. The fraction of sp³-hybridized carbons (Fsp3) is 0.393. The van der Waals surface area contributed by atoms with Gasteiger partial charge in [-0.15, -0.1) is 0 Å². The van der Waals surface area contributed by atoms with Crippen LogP contribution >= 0.6 is 0 Å². The molecule has 8 nitrogen and oxygen atoms in total. The van der Waals surface area contributed by atoms with Crippen molar-refractivity contribution in [3.63, 3.8) is 0 Å². The van der Waals surface area contributed by atoms with E-state index >= 15 is 0 Å². The summed E-state index contributed by atoms with van der Waals surface area (Å²) in [7, 11) is 0. The summed E-state index contributed by atoms with van der Waals surface area (Å²) in [5.41, 5.74) is 0.969. The number of ether oxygens (including phenoxy) is 3.